The van der Waals surface area contributed by atoms with E-state index in [0.717, 1.165) is 5.56 Å². The zero-order valence-corrected chi connectivity index (χ0v) is 9.49. The number of carbonyl (C=O) groups excluding carboxylic acids is 1. The fraction of sp³-hybridized carbons (Fsp3) is 0.417. The summed E-state index contributed by atoms with van der Waals surface area (Å²) in [5.41, 5.74) is 0.635. The normalized spacial score (nSPS) is 18.8. The van der Waals surface area contributed by atoms with Crippen molar-refractivity contribution < 1.29 is 9.18 Å². The number of carbonyl (C=O) groups is 1. The van der Waals surface area contributed by atoms with Crippen LogP contribution in [0.5, 0.6) is 0 Å². The van der Waals surface area contributed by atoms with E-state index in [2.05, 4.69) is 0 Å². The van der Waals surface area contributed by atoms with Crippen molar-refractivity contribution in [3.63, 3.8) is 0 Å². The SMILES string of the molecule is CC1(C)C(=O)CCc2ccc(Cl)c(F)c21. The topological polar surface area (TPSA) is 17.1 Å². The molecule has 80 valence electrons. The van der Waals surface area contributed by atoms with Gasteiger partial charge in [-0.15, -0.1) is 0 Å². The molecule has 0 N–H and O–H groups in total. The third-order valence-corrected chi connectivity index (χ3v) is 3.42. The quantitative estimate of drug-likeness (QED) is 0.664. The van der Waals surface area contributed by atoms with E-state index in [4.69, 9.17) is 11.6 Å². The smallest absolute Gasteiger partial charge is 0.146 e. The first-order chi connectivity index (χ1) is 6.94. The van der Waals surface area contributed by atoms with Crippen molar-refractivity contribution in [2.45, 2.75) is 32.1 Å². The van der Waals surface area contributed by atoms with Crippen LogP contribution >= 0.6 is 11.6 Å². The zero-order valence-electron chi connectivity index (χ0n) is 8.73. The van der Waals surface area contributed by atoms with Gasteiger partial charge in [0.25, 0.3) is 0 Å². The highest BCUT2D eigenvalue weighted by molar-refractivity contribution is 6.30. The van der Waals surface area contributed by atoms with Gasteiger partial charge in [-0.2, -0.15) is 0 Å². The second kappa shape index (κ2) is 3.31. The molecule has 0 atom stereocenters. The molecule has 0 radical (unpaired) electrons. The van der Waals surface area contributed by atoms with Crippen molar-refractivity contribution in [1.29, 1.82) is 0 Å². The molecule has 0 heterocycles. The summed E-state index contributed by atoms with van der Waals surface area (Å²) in [5.74, 6) is -0.358. The second-order valence-electron chi connectivity index (χ2n) is 4.44. The predicted molar refractivity (Wildman–Crippen MR) is 57.8 cm³/mol. The minimum Gasteiger partial charge on any atom is -0.299 e. The van der Waals surface area contributed by atoms with Crippen LogP contribution in [0.25, 0.3) is 0 Å². The number of hydrogen-bond donors (Lipinski definition) is 0. The number of hydrogen-bond acceptors (Lipinski definition) is 1. The summed E-state index contributed by atoms with van der Waals surface area (Å²) in [6.07, 6.45) is 1.10. The lowest BCUT2D eigenvalue weighted by Gasteiger charge is -2.31. The molecular weight excluding hydrogens is 215 g/mol. The van der Waals surface area contributed by atoms with Gasteiger partial charge in [-0.1, -0.05) is 17.7 Å². The summed E-state index contributed by atoms with van der Waals surface area (Å²) >= 11 is 5.73. The Morgan fingerprint density at radius 2 is 2.00 bits per heavy atom. The molecule has 1 aliphatic carbocycles. The Morgan fingerprint density at radius 3 is 2.67 bits per heavy atom. The van der Waals surface area contributed by atoms with Gasteiger partial charge in [0.1, 0.15) is 11.6 Å². The van der Waals surface area contributed by atoms with Gasteiger partial charge in [-0.3, -0.25) is 4.79 Å². The molecule has 0 unspecified atom stereocenters. The first-order valence-electron chi connectivity index (χ1n) is 4.95. The van der Waals surface area contributed by atoms with Crippen molar-refractivity contribution in [1.82, 2.24) is 0 Å². The lowest BCUT2D eigenvalue weighted by atomic mass is 9.71. The molecule has 0 saturated heterocycles. The number of halogens is 2. The highest BCUT2D eigenvalue weighted by atomic mass is 35.5. The summed E-state index contributed by atoms with van der Waals surface area (Å²) in [6, 6.07) is 3.37. The van der Waals surface area contributed by atoms with E-state index in [1.807, 2.05) is 6.07 Å². The molecule has 2 rings (SSSR count). The van der Waals surface area contributed by atoms with Crippen LogP contribution in [-0.4, -0.2) is 5.78 Å². The van der Waals surface area contributed by atoms with Gasteiger partial charge in [0.2, 0.25) is 0 Å². The van der Waals surface area contributed by atoms with Gasteiger partial charge >= 0.3 is 0 Å². The minimum absolute atomic E-state index is 0.0798. The number of rotatable bonds is 0. The molecule has 1 aliphatic rings. The Hall–Kier alpha value is -0.890. The Labute approximate surface area is 93.2 Å². The largest absolute Gasteiger partial charge is 0.299 e. The third kappa shape index (κ3) is 1.48. The van der Waals surface area contributed by atoms with Crippen LogP contribution in [0.3, 0.4) is 0 Å². The standard InChI is InChI=1S/C12H12ClFO/c1-12(2)9(15)6-4-7-3-5-8(13)11(14)10(7)12/h3,5H,4,6H2,1-2H3. The Bertz CT molecular complexity index is 437. The Morgan fingerprint density at radius 1 is 1.33 bits per heavy atom. The molecule has 1 nitrogen and oxygen atoms in total. The molecular formula is C12H12ClFO. The second-order valence-corrected chi connectivity index (χ2v) is 4.85. The number of Topliss-reactive ketones (excluding diaryl/α,β-unsaturated/α-hetero) is 1. The predicted octanol–water partition coefficient (Wildman–Crippen LogP) is 3.27. The van der Waals surface area contributed by atoms with Crippen LogP contribution in [0.2, 0.25) is 5.02 Å². The monoisotopic (exact) mass is 226 g/mol. The van der Waals surface area contributed by atoms with Gasteiger partial charge in [0.15, 0.2) is 0 Å². The molecule has 0 aromatic heterocycles. The molecule has 0 fully saturated rings. The molecule has 15 heavy (non-hydrogen) atoms. The fourth-order valence-corrected chi connectivity index (χ4v) is 2.33. The molecule has 0 spiro atoms. The van der Waals surface area contributed by atoms with Gasteiger partial charge in [-0.05, 0) is 31.9 Å². The highest BCUT2D eigenvalue weighted by Crippen LogP contribution is 2.38. The van der Waals surface area contributed by atoms with Crippen molar-refractivity contribution in [3.05, 3.63) is 34.1 Å². The van der Waals surface area contributed by atoms with E-state index in [9.17, 15) is 9.18 Å². The van der Waals surface area contributed by atoms with E-state index in [-0.39, 0.29) is 10.8 Å². The molecule has 0 amide bonds. The number of aryl methyl sites for hydroxylation is 1. The van der Waals surface area contributed by atoms with Crippen LogP contribution in [0.1, 0.15) is 31.4 Å². The number of ketones is 1. The Kier molecular flexibility index (Phi) is 2.34. The molecule has 0 bridgehead atoms. The molecule has 1 aromatic carbocycles. The lowest BCUT2D eigenvalue weighted by molar-refractivity contribution is -0.124. The van der Waals surface area contributed by atoms with Crippen molar-refractivity contribution >= 4 is 17.4 Å². The van der Waals surface area contributed by atoms with Crippen LogP contribution in [0, 0.1) is 5.82 Å². The zero-order chi connectivity index (χ0) is 11.2. The van der Waals surface area contributed by atoms with Crippen molar-refractivity contribution in [2.24, 2.45) is 0 Å². The molecule has 0 aliphatic heterocycles. The molecule has 3 heteroatoms. The summed E-state index contributed by atoms with van der Waals surface area (Å²) in [6.45, 7) is 3.51. The van der Waals surface area contributed by atoms with Crippen molar-refractivity contribution in [2.75, 3.05) is 0 Å². The molecule has 1 aromatic rings. The van der Waals surface area contributed by atoms with Gasteiger partial charge < -0.3 is 0 Å². The summed E-state index contributed by atoms with van der Waals surface area (Å²) in [7, 11) is 0. The summed E-state index contributed by atoms with van der Waals surface area (Å²) in [5, 5.41) is 0.0940. The average Bonchev–Trinajstić information content (AvgIpc) is 2.17. The van der Waals surface area contributed by atoms with E-state index in [0.29, 0.717) is 18.4 Å². The average molecular weight is 227 g/mol. The minimum atomic E-state index is -0.747. The van der Waals surface area contributed by atoms with Gasteiger partial charge in [-0.25, -0.2) is 4.39 Å². The summed E-state index contributed by atoms with van der Waals surface area (Å²) < 4.78 is 13.9. The van der Waals surface area contributed by atoms with Crippen LogP contribution in [-0.2, 0) is 16.6 Å². The maximum absolute atomic E-state index is 13.9. The maximum atomic E-state index is 13.9. The maximum Gasteiger partial charge on any atom is 0.146 e. The number of fused-ring (bicyclic) bond motifs is 1. The van der Waals surface area contributed by atoms with Crippen LogP contribution < -0.4 is 0 Å². The fourth-order valence-electron chi connectivity index (χ4n) is 2.17. The highest BCUT2D eigenvalue weighted by Gasteiger charge is 2.37. The molecule has 0 saturated carbocycles. The third-order valence-electron chi connectivity index (χ3n) is 3.12. The van der Waals surface area contributed by atoms with Crippen LogP contribution in [0.4, 0.5) is 4.39 Å². The lowest BCUT2D eigenvalue weighted by Crippen LogP contribution is -2.35. The van der Waals surface area contributed by atoms with E-state index in [1.165, 1.54) is 0 Å². The van der Waals surface area contributed by atoms with E-state index in [1.54, 1.807) is 19.9 Å². The van der Waals surface area contributed by atoms with Crippen molar-refractivity contribution in [3.8, 4) is 0 Å². The number of benzene rings is 1. The van der Waals surface area contributed by atoms with Gasteiger partial charge in [0.05, 0.1) is 10.4 Å². The summed E-state index contributed by atoms with van der Waals surface area (Å²) in [4.78, 5) is 11.7. The van der Waals surface area contributed by atoms with E-state index < -0.39 is 11.2 Å². The van der Waals surface area contributed by atoms with Crippen LogP contribution in [0.15, 0.2) is 12.1 Å². The first-order valence-corrected chi connectivity index (χ1v) is 5.33. The Balaban J connectivity index is 2.72. The van der Waals surface area contributed by atoms with Gasteiger partial charge in [0, 0.05) is 12.0 Å². The van der Waals surface area contributed by atoms with E-state index >= 15 is 0 Å². The first kappa shape index (κ1) is 10.6.